The van der Waals surface area contributed by atoms with Crippen LogP contribution in [-0.2, 0) is 11.3 Å². The van der Waals surface area contributed by atoms with Crippen molar-refractivity contribution in [3.05, 3.63) is 26.6 Å². The SMILES string of the molecule is CCOc1c(Br)cc(CNCCCN2CCCC2=O)cc1Br. The van der Waals surface area contributed by atoms with Gasteiger partial charge in [0.1, 0.15) is 5.75 Å². The van der Waals surface area contributed by atoms with E-state index in [2.05, 4.69) is 49.3 Å². The van der Waals surface area contributed by atoms with Crippen molar-refractivity contribution >= 4 is 37.8 Å². The molecule has 2 rings (SSSR count). The largest absolute Gasteiger partial charge is 0.492 e. The van der Waals surface area contributed by atoms with Crippen LogP contribution in [0.15, 0.2) is 21.1 Å². The Morgan fingerprint density at radius 1 is 1.32 bits per heavy atom. The molecule has 0 unspecified atom stereocenters. The van der Waals surface area contributed by atoms with E-state index in [-0.39, 0.29) is 0 Å². The summed E-state index contributed by atoms with van der Waals surface area (Å²) in [5, 5.41) is 3.43. The highest BCUT2D eigenvalue weighted by Gasteiger charge is 2.18. The summed E-state index contributed by atoms with van der Waals surface area (Å²) in [7, 11) is 0. The lowest BCUT2D eigenvalue weighted by Crippen LogP contribution is -2.28. The van der Waals surface area contributed by atoms with Crippen LogP contribution in [0.25, 0.3) is 0 Å². The Kier molecular flexibility index (Phi) is 7.18. The van der Waals surface area contributed by atoms with Crippen LogP contribution in [0.4, 0.5) is 0 Å². The number of hydrogen-bond donors (Lipinski definition) is 1. The average molecular weight is 434 g/mol. The number of nitrogens with one attached hydrogen (secondary N) is 1. The molecule has 1 amide bonds. The summed E-state index contributed by atoms with van der Waals surface area (Å²) < 4.78 is 7.50. The van der Waals surface area contributed by atoms with Crippen LogP contribution in [0.3, 0.4) is 0 Å². The molecule has 1 N–H and O–H groups in total. The molecule has 1 aromatic carbocycles. The molecule has 0 atom stereocenters. The van der Waals surface area contributed by atoms with Crippen molar-refractivity contribution in [1.29, 1.82) is 0 Å². The molecule has 0 saturated carbocycles. The van der Waals surface area contributed by atoms with Crippen LogP contribution in [0.5, 0.6) is 5.75 Å². The first-order chi connectivity index (χ1) is 10.6. The Morgan fingerprint density at radius 3 is 2.64 bits per heavy atom. The van der Waals surface area contributed by atoms with E-state index in [0.717, 1.165) is 60.1 Å². The first kappa shape index (κ1) is 17.8. The number of nitrogens with zero attached hydrogens (tertiary/aromatic N) is 1. The number of benzene rings is 1. The molecule has 0 bridgehead atoms. The quantitative estimate of drug-likeness (QED) is 0.635. The number of carbonyl (C=O) groups is 1. The third kappa shape index (κ3) is 4.96. The maximum absolute atomic E-state index is 11.5. The number of halogens is 2. The molecule has 22 heavy (non-hydrogen) atoms. The molecular formula is C16H22Br2N2O2. The van der Waals surface area contributed by atoms with Crippen LogP contribution >= 0.6 is 31.9 Å². The number of ether oxygens (including phenoxy) is 1. The van der Waals surface area contributed by atoms with E-state index < -0.39 is 0 Å². The standard InChI is InChI=1S/C16H22Br2N2O2/c1-2-22-16-13(17)9-12(10-14(16)18)11-19-6-4-8-20-7-3-5-15(20)21/h9-10,19H,2-8,11H2,1H3. The van der Waals surface area contributed by atoms with E-state index in [9.17, 15) is 4.79 Å². The molecule has 4 nitrogen and oxygen atoms in total. The summed E-state index contributed by atoms with van der Waals surface area (Å²) in [6.45, 7) is 6.12. The maximum atomic E-state index is 11.5. The van der Waals surface area contributed by atoms with Crippen LogP contribution in [0.2, 0.25) is 0 Å². The van der Waals surface area contributed by atoms with Crippen LogP contribution in [0, 0.1) is 0 Å². The third-order valence-corrected chi connectivity index (χ3v) is 4.81. The van der Waals surface area contributed by atoms with Crippen LogP contribution < -0.4 is 10.1 Å². The second-order valence-electron chi connectivity index (χ2n) is 5.34. The second-order valence-corrected chi connectivity index (χ2v) is 7.04. The molecule has 0 aliphatic carbocycles. The van der Waals surface area contributed by atoms with E-state index in [4.69, 9.17) is 4.74 Å². The molecule has 0 aromatic heterocycles. The summed E-state index contributed by atoms with van der Waals surface area (Å²) in [4.78, 5) is 13.5. The lowest BCUT2D eigenvalue weighted by molar-refractivity contribution is -0.127. The summed E-state index contributed by atoms with van der Waals surface area (Å²) in [5.41, 5.74) is 1.19. The van der Waals surface area contributed by atoms with Crippen molar-refractivity contribution < 1.29 is 9.53 Å². The fourth-order valence-electron chi connectivity index (χ4n) is 2.56. The van der Waals surface area contributed by atoms with Crippen molar-refractivity contribution in [2.45, 2.75) is 32.7 Å². The molecule has 6 heteroatoms. The molecule has 0 spiro atoms. The Morgan fingerprint density at radius 2 is 2.05 bits per heavy atom. The van der Waals surface area contributed by atoms with Crippen molar-refractivity contribution in [3.63, 3.8) is 0 Å². The summed E-state index contributed by atoms with van der Waals surface area (Å²) in [6.07, 6.45) is 2.73. The van der Waals surface area contributed by atoms with Gasteiger partial charge in [0.15, 0.2) is 0 Å². The van der Waals surface area contributed by atoms with E-state index in [1.807, 2.05) is 11.8 Å². The zero-order valence-electron chi connectivity index (χ0n) is 12.8. The highest BCUT2D eigenvalue weighted by Crippen LogP contribution is 2.34. The average Bonchev–Trinajstić information content (AvgIpc) is 2.88. The van der Waals surface area contributed by atoms with Gasteiger partial charge >= 0.3 is 0 Å². The normalized spacial score (nSPS) is 14.7. The predicted octanol–water partition coefficient (Wildman–Crippen LogP) is 3.71. The minimum absolute atomic E-state index is 0.305. The molecule has 1 aromatic rings. The van der Waals surface area contributed by atoms with Crippen molar-refractivity contribution in [3.8, 4) is 5.75 Å². The van der Waals surface area contributed by atoms with Gasteiger partial charge in [0.05, 0.1) is 15.6 Å². The first-order valence-corrected chi connectivity index (χ1v) is 9.29. The Labute approximate surface area is 148 Å². The van der Waals surface area contributed by atoms with E-state index in [1.165, 1.54) is 5.56 Å². The molecular weight excluding hydrogens is 412 g/mol. The predicted molar refractivity (Wildman–Crippen MR) is 95.1 cm³/mol. The van der Waals surface area contributed by atoms with Crippen molar-refractivity contribution in [2.75, 3.05) is 26.2 Å². The van der Waals surface area contributed by atoms with Gasteiger partial charge in [-0.3, -0.25) is 4.79 Å². The van der Waals surface area contributed by atoms with Gasteiger partial charge < -0.3 is 15.0 Å². The number of rotatable bonds is 8. The van der Waals surface area contributed by atoms with Crippen LogP contribution in [0.1, 0.15) is 31.7 Å². The molecule has 1 fully saturated rings. The topological polar surface area (TPSA) is 41.6 Å². The van der Waals surface area contributed by atoms with Crippen molar-refractivity contribution in [1.82, 2.24) is 10.2 Å². The Hall–Kier alpha value is -0.590. The van der Waals surface area contributed by atoms with Gasteiger partial charge in [-0.2, -0.15) is 0 Å². The minimum atomic E-state index is 0.305. The molecule has 0 radical (unpaired) electrons. The lowest BCUT2D eigenvalue weighted by atomic mass is 10.2. The zero-order chi connectivity index (χ0) is 15.9. The van der Waals surface area contributed by atoms with Gasteiger partial charge in [-0.1, -0.05) is 0 Å². The molecule has 1 heterocycles. The molecule has 122 valence electrons. The molecule has 1 aliphatic heterocycles. The van der Waals surface area contributed by atoms with Gasteiger partial charge in [-0.15, -0.1) is 0 Å². The van der Waals surface area contributed by atoms with Gasteiger partial charge in [0.2, 0.25) is 5.91 Å². The van der Waals surface area contributed by atoms with Crippen molar-refractivity contribution in [2.24, 2.45) is 0 Å². The third-order valence-electron chi connectivity index (χ3n) is 3.63. The number of likely N-dealkylation sites (tertiary alicyclic amines) is 1. The first-order valence-electron chi connectivity index (χ1n) is 7.71. The minimum Gasteiger partial charge on any atom is -0.492 e. The number of hydrogen-bond acceptors (Lipinski definition) is 3. The summed E-state index contributed by atoms with van der Waals surface area (Å²) in [5.74, 6) is 1.15. The monoisotopic (exact) mass is 432 g/mol. The lowest BCUT2D eigenvalue weighted by Gasteiger charge is -2.15. The maximum Gasteiger partial charge on any atom is 0.222 e. The van der Waals surface area contributed by atoms with E-state index in [0.29, 0.717) is 12.5 Å². The summed E-state index contributed by atoms with van der Waals surface area (Å²) >= 11 is 7.09. The van der Waals surface area contributed by atoms with E-state index >= 15 is 0 Å². The zero-order valence-corrected chi connectivity index (χ0v) is 16.0. The van der Waals surface area contributed by atoms with Gasteiger partial charge in [0, 0.05) is 26.1 Å². The highest BCUT2D eigenvalue weighted by atomic mass is 79.9. The fraction of sp³-hybridized carbons (Fsp3) is 0.562. The number of carbonyl (C=O) groups excluding carboxylic acids is 1. The highest BCUT2D eigenvalue weighted by molar-refractivity contribution is 9.11. The summed E-state index contributed by atoms with van der Waals surface area (Å²) in [6, 6.07) is 4.15. The molecule has 1 saturated heterocycles. The second kappa shape index (κ2) is 8.89. The smallest absolute Gasteiger partial charge is 0.222 e. The van der Waals surface area contributed by atoms with E-state index in [1.54, 1.807) is 0 Å². The van der Waals surface area contributed by atoms with Crippen LogP contribution in [-0.4, -0.2) is 37.0 Å². The number of amides is 1. The van der Waals surface area contributed by atoms with Gasteiger partial charge in [0.25, 0.3) is 0 Å². The fourth-order valence-corrected chi connectivity index (χ4v) is 4.07. The Bertz CT molecular complexity index is 500. The Balaban J connectivity index is 1.74. The molecule has 1 aliphatic rings. The van der Waals surface area contributed by atoms with Gasteiger partial charge in [-0.05, 0) is 75.9 Å². The van der Waals surface area contributed by atoms with Gasteiger partial charge in [-0.25, -0.2) is 0 Å².